The highest BCUT2D eigenvalue weighted by Crippen LogP contribution is 2.37. The minimum atomic E-state index is -0.353. The van der Waals surface area contributed by atoms with Crippen LogP contribution in [0.1, 0.15) is 30.5 Å². The van der Waals surface area contributed by atoms with Gasteiger partial charge in [0.05, 0.1) is 17.3 Å². The standard InChI is InChI=1S/C26H19Cl2N3O2/c1-15(32)31-23(17-8-5-9-18(27)12-17)14-22(30-31)25-24(16-6-3-2-4-7-16)20-13-19(28)10-11-21(20)29-26(25)33/h2-13,23H,14H2,1H3,(H,29,33)/t23-/m0/s1. The smallest absolute Gasteiger partial charge is 0.258 e. The topological polar surface area (TPSA) is 65.5 Å². The Labute approximate surface area is 200 Å². The van der Waals surface area contributed by atoms with Crippen LogP contribution in [0.4, 0.5) is 0 Å². The third-order valence-corrected chi connectivity index (χ3v) is 6.26. The molecule has 0 fully saturated rings. The number of halogens is 2. The van der Waals surface area contributed by atoms with E-state index in [0.717, 1.165) is 22.1 Å². The Morgan fingerprint density at radius 2 is 1.73 bits per heavy atom. The lowest BCUT2D eigenvalue weighted by molar-refractivity contribution is -0.130. The third kappa shape index (κ3) is 3.94. The Bertz CT molecular complexity index is 1480. The van der Waals surface area contributed by atoms with Crippen molar-refractivity contribution in [1.82, 2.24) is 9.99 Å². The van der Waals surface area contributed by atoms with Gasteiger partial charge in [-0.05, 0) is 41.5 Å². The molecule has 2 heterocycles. The van der Waals surface area contributed by atoms with E-state index >= 15 is 0 Å². The Hall–Kier alpha value is -3.41. The lowest BCUT2D eigenvalue weighted by Crippen LogP contribution is -2.24. The highest BCUT2D eigenvalue weighted by Gasteiger charge is 2.34. The maximum atomic E-state index is 13.4. The zero-order valence-corrected chi connectivity index (χ0v) is 19.2. The van der Waals surface area contributed by atoms with Gasteiger partial charge in [0.2, 0.25) is 5.91 Å². The number of amides is 1. The van der Waals surface area contributed by atoms with E-state index in [4.69, 9.17) is 23.2 Å². The van der Waals surface area contributed by atoms with Crippen LogP contribution in [-0.2, 0) is 4.79 Å². The van der Waals surface area contributed by atoms with Crippen molar-refractivity contribution >= 4 is 45.7 Å². The van der Waals surface area contributed by atoms with E-state index in [2.05, 4.69) is 10.1 Å². The molecule has 1 atom stereocenters. The Morgan fingerprint density at radius 3 is 2.45 bits per heavy atom. The number of fused-ring (bicyclic) bond motifs is 1. The number of carbonyl (C=O) groups excluding carboxylic acids is 1. The molecule has 1 aliphatic rings. The summed E-state index contributed by atoms with van der Waals surface area (Å²) in [6.45, 7) is 1.46. The number of hydrogen-bond acceptors (Lipinski definition) is 3. The summed E-state index contributed by atoms with van der Waals surface area (Å²) in [6.07, 6.45) is 0.384. The first-order chi connectivity index (χ1) is 15.9. The van der Waals surface area contributed by atoms with Crippen molar-refractivity contribution in [1.29, 1.82) is 0 Å². The number of nitrogens with one attached hydrogen (secondary N) is 1. The first kappa shape index (κ1) is 21.4. The average Bonchev–Trinajstić information content (AvgIpc) is 3.24. The maximum Gasteiger partial charge on any atom is 0.258 e. The minimum absolute atomic E-state index is 0.212. The molecule has 1 aliphatic heterocycles. The van der Waals surface area contributed by atoms with E-state index in [1.54, 1.807) is 18.2 Å². The second-order valence-corrected chi connectivity index (χ2v) is 8.82. The zero-order chi connectivity index (χ0) is 23.1. The van der Waals surface area contributed by atoms with Crippen LogP contribution in [0.3, 0.4) is 0 Å². The summed E-state index contributed by atoms with van der Waals surface area (Å²) in [5.74, 6) is -0.212. The minimum Gasteiger partial charge on any atom is -0.321 e. The summed E-state index contributed by atoms with van der Waals surface area (Å²) in [5.41, 5.74) is 3.86. The van der Waals surface area contributed by atoms with Crippen LogP contribution < -0.4 is 5.56 Å². The summed E-state index contributed by atoms with van der Waals surface area (Å²) in [7, 11) is 0. The van der Waals surface area contributed by atoms with E-state index in [1.165, 1.54) is 11.9 Å². The number of H-pyrrole nitrogens is 1. The number of hydrogen-bond donors (Lipinski definition) is 1. The lowest BCUT2D eigenvalue weighted by atomic mass is 9.91. The molecule has 0 spiro atoms. The summed E-state index contributed by atoms with van der Waals surface area (Å²) in [5, 5.41) is 8.01. The van der Waals surface area contributed by atoms with Crippen LogP contribution in [0.2, 0.25) is 10.0 Å². The molecule has 3 aromatic carbocycles. The van der Waals surface area contributed by atoms with Crippen molar-refractivity contribution in [2.45, 2.75) is 19.4 Å². The maximum absolute atomic E-state index is 13.4. The molecular formula is C26H19Cl2N3O2. The number of carbonyl (C=O) groups is 1. The van der Waals surface area contributed by atoms with Crippen LogP contribution in [0, 0.1) is 0 Å². The van der Waals surface area contributed by atoms with Gasteiger partial charge >= 0.3 is 0 Å². The lowest BCUT2D eigenvalue weighted by Gasteiger charge is -2.20. The molecule has 1 N–H and O–H groups in total. The normalized spacial score (nSPS) is 15.7. The van der Waals surface area contributed by atoms with Gasteiger partial charge in [0.25, 0.3) is 5.56 Å². The fourth-order valence-corrected chi connectivity index (χ4v) is 4.74. The van der Waals surface area contributed by atoms with Gasteiger partial charge in [-0.25, -0.2) is 5.01 Å². The van der Waals surface area contributed by atoms with Crippen molar-refractivity contribution < 1.29 is 4.79 Å². The Morgan fingerprint density at radius 1 is 0.970 bits per heavy atom. The highest BCUT2D eigenvalue weighted by molar-refractivity contribution is 6.31. The Kier molecular flexibility index (Phi) is 5.52. The van der Waals surface area contributed by atoms with E-state index in [9.17, 15) is 9.59 Å². The molecule has 0 radical (unpaired) electrons. The molecule has 164 valence electrons. The molecule has 0 bridgehead atoms. The van der Waals surface area contributed by atoms with Crippen LogP contribution in [0.5, 0.6) is 0 Å². The van der Waals surface area contributed by atoms with Crippen molar-refractivity contribution in [3.05, 3.63) is 104 Å². The van der Waals surface area contributed by atoms with Gasteiger partial charge in [0.15, 0.2) is 0 Å². The first-order valence-electron chi connectivity index (χ1n) is 10.5. The van der Waals surface area contributed by atoms with Gasteiger partial charge in [-0.2, -0.15) is 5.10 Å². The van der Waals surface area contributed by atoms with E-state index in [-0.39, 0.29) is 17.5 Å². The van der Waals surface area contributed by atoms with E-state index < -0.39 is 0 Å². The predicted octanol–water partition coefficient (Wildman–Crippen LogP) is 6.20. The molecule has 7 heteroatoms. The van der Waals surface area contributed by atoms with Gasteiger partial charge in [-0.15, -0.1) is 0 Å². The largest absolute Gasteiger partial charge is 0.321 e. The van der Waals surface area contributed by atoms with Gasteiger partial charge in [0, 0.05) is 39.9 Å². The highest BCUT2D eigenvalue weighted by atomic mass is 35.5. The van der Waals surface area contributed by atoms with Crippen LogP contribution in [0.25, 0.3) is 22.0 Å². The molecule has 5 rings (SSSR count). The second-order valence-electron chi connectivity index (χ2n) is 7.95. The molecule has 4 aromatic rings. The summed E-state index contributed by atoms with van der Waals surface area (Å²) in [4.78, 5) is 28.8. The summed E-state index contributed by atoms with van der Waals surface area (Å²) in [6, 6.07) is 22.0. The van der Waals surface area contributed by atoms with Gasteiger partial charge in [-0.3, -0.25) is 9.59 Å². The van der Waals surface area contributed by atoms with Crippen molar-refractivity contribution in [2.24, 2.45) is 5.10 Å². The number of aromatic amines is 1. The van der Waals surface area contributed by atoms with Crippen LogP contribution >= 0.6 is 23.2 Å². The monoisotopic (exact) mass is 475 g/mol. The summed E-state index contributed by atoms with van der Waals surface area (Å²) >= 11 is 12.5. The molecule has 0 aliphatic carbocycles. The SMILES string of the molecule is CC(=O)N1N=C(c2c(-c3ccccc3)c3cc(Cl)ccc3[nH]c2=O)C[C@H]1c1cccc(Cl)c1. The molecule has 1 aromatic heterocycles. The molecule has 1 amide bonds. The zero-order valence-electron chi connectivity index (χ0n) is 17.7. The van der Waals surface area contributed by atoms with Crippen LogP contribution in [-0.4, -0.2) is 21.6 Å². The van der Waals surface area contributed by atoms with Crippen molar-refractivity contribution in [3.8, 4) is 11.1 Å². The number of benzene rings is 3. The number of rotatable bonds is 3. The second kappa shape index (κ2) is 8.50. The summed E-state index contributed by atoms with van der Waals surface area (Å²) < 4.78 is 0. The third-order valence-electron chi connectivity index (χ3n) is 5.79. The molecule has 0 unspecified atom stereocenters. The van der Waals surface area contributed by atoms with Gasteiger partial charge in [-0.1, -0.05) is 65.7 Å². The predicted molar refractivity (Wildman–Crippen MR) is 133 cm³/mol. The fourth-order valence-electron chi connectivity index (χ4n) is 4.37. The van der Waals surface area contributed by atoms with Crippen molar-refractivity contribution in [2.75, 3.05) is 0 Å². The molecule has 0 saturated heterocycles. The number of nitrogens with zero attached hydrogens (tertiary/aromatic N) is 2. The van der Waals surface area contributed by atoms with E-state index in [0.29, 0.717) is 33.3 Å². The molecular weight excluding hydrogens is 457 g/mol. The molecule has 5 nitrogen and oxygen atoms in total. The van der Waals surface area contributed by atoms with E-state index in [1.807, 2.05) is 54.6 Å². The average molecular weight is 476 g/mol. The number of aromatic nitrogens is 1. The number of pyridine rings is 1. The number of hydrazone groups is 1. The van der Waals surface area contributed by atoms with Gasteiger partial charge < -0.3 is 4.98 Å². The Balaban J connectivity index is 1.75. The van der Waals surface area contributed by atoms with Crippen LogP contribution in [0.15, 0.2) is 82.7 Å². The first-order valence-corrected chi connectivity index (χ1v) is 11.2. The molecule has 0 saturated carbocycles. The quantitative estimate of drug-likeness (QED) is 0.383. The fraction of sp³-hybridized carbons (Fsp3) is 0.115. The molecule has 33 heavy (non-hydrogen) atoms. The van der Waals surface area contributed by atoms with Gasteiger partial charge in [0.1, 0.15) is 0 Å². The van der Waals surface area contributed by atoms with Crippen molar-refractivity contribution in [3.63, 3.8) is 0 Å².